The number of furan rings is 1. The van der Waals surface area contributed by atoms with Gasteiger partial charge in [0.15, 0.2) is 6.61 Å². The normalized spacial score (nSPS) is 12.2. The summed E-state index contributed by atoms with van der Waals surface area (Å²) < 4.78 is 11.0. The van der Waals surface area contributed by atoms with Gasteiger partial charge in [-0.2, -0.15) is 0 Å². The fraction of sp³-hybridized carbons (Fsp3) is 0.389. The van der Waals surface area contributed by atoms with E-state index in [2.05, 4.69) is 31.3 Å². The molecule has 4 nitrogen and oxygen atoms in total. The lowest BCUT2D eigenvalue weighted by atomic mass is 10.0. The summed E-state index contributed by atoms with van der Waals surface area (Å²) in [6.07, 6.45) is 1.59. The first-order chi connectivity index (χ1) is 10.5. The lowest BCUT2D eigenvalue weighted by Crippen LogP contribution is -2.31. The highest BCUT2D eigenvalue weighted by molar-refractivity contribution is 5.78. The number of hydrogen-bond donors (Lipinski definition) is 1. The molecule has 0 aliphatic rings. The number of ether oxygens (including phenoxy) is 1. The molecule has 0 aliphatic carbocycles. The lowest BCUT2D eigenvalue weighted by molar-refractivity contribution is -0.123. The number of benzene rings is 1. The number of carbonyl (C=O) groups excluding carboxylic acids is 1. The molecule has 2 rings (SSSR count). The molecule has 2 aromatic rings. The van der Waals surface area contributed by atoms with Crippen LogP contribution in [0.2, 0.25) is 0 Å². The molecule has 0 spiro atoms. The molecule has 1 aromatic heterocycles. The van der Waals surface area contributed by atoms with Crippen LogP contribution in [0.4, 0.5) is 0 Å². The molecule has 0 unspecified atom stereocenters. The van der Waals surface area contributed by atoms with Crippen LogP contribution in [0.5, 0.6) is 5.75 Å². The highest BCUT2D eigenvalue weighted by Gasteiger charge is 2.14. The average Bonchev–Trinajstić information content (AvgIpc) is 2.99. The Kier molecular flexibility index (Phi) is 5.26. The third-order valence-corrected chi connectivity index (χ3v) is 3.50. The van der Waals surface area contributed by atoms with Crippen LogP contribution in [0.25, 0.3) is 0 Å². The molecule has 118 valence electrons. The Hall–Kier alpha value is -2.23. The van der Waals surface area contributed by atoms with Gasteiger partial charge in [-0.05, 0) is 49.1 Å². The van der Waals surface area contributed by atoms with Crippen LogP contribution < -0.4 is 10.1 Å². The molecule has 1 atom stereocenters. The van der Waals surface area contributed by atoms with Crippen molar-refractivity contribution in [1.29, 1.82) is 0 Å². The summed E-state index contributed by atoms with van der Waals surface area (Å²) in [5.74, 6) is 1.68. The number of aryl methyl sites for hydroxylation is 1. The molecule has 1 heterocycles. The molecule has 4 heteroatoms. The minimum absolute atomic E-state index is 0.00573. The van der Waals surface area contributed by atoms with Crippen molar-refractivity contribution in [1.82, 2.24) is 5.32 Å². The Balaban J connectivity index is 1.95. The summed E-state index contributed by atoms with van der Waals surface area (Å²) in [5.41, 5.74) is 2.22. The molecular weight excluding hydrogens is 278 g/mol. The van der Waals surface area contributed by atoms with E-state index in [0.717, 1.165) is 22.6 Å². The molecule has 0 radical (unpaired) electrons. The molecule has 0 aliphatic heterocycles. The number of rotatable bonds is 6. The Morgan fingerprint density at radius 1 is 1.27 bits per heavy atom. The van der Waals surface area contributed by atoms with Crippen LogP contribution in [0, 0.1) is 6.92 Å². The maximum Gasteiger partial charge on any atom is 0.258 e. The van der Waals surface area contributed by atoms with Gasteiger partial charge in [-0.25, -0.2) is 0 Å². The van der Waals surface area contributed by atoms with Crippen LogP contribution >= 0.6 is 0 Å². The first-order valence-corrected chi connectivity index (χ1v) is 7.53. The maximum absolute atomic E-state index is 12.0. The summed E-state index contributed by atoms with van der Waals surface area (Å²) in [7, 11) is 0. The minimum Gasteiger partial charge on any atom is -0.483 e. The topological polar surface area (TPSA) is 51.5 Å². The molecule has 1 aromatic carbocycles. The quantitative estimate of drug-likeness (QED) is 0.878. The van der Waals surface area contributed by atoms with Gasteiger partial charge in [-0.3, -0.25) is 4.79 Å². The van der Waals surface area contributed by atoms with Crippen molar-refractivity contribution in [3.63, 3.8) is 0 Å². The van der Waals surface area contributed by atoms with E-state index >= 15 is 0 Å². The van der Waals surface area contributed by atoms with E-state index in [4.69, 9.17) is 9.15 Å². The first-order valence-electron chi connectivity index (χ1n) is 7.53. The van der Waals surface area contributed by atoms with E-state index in [-0.39, 0.29) is 18.6 Å². The number of amides is 1. The molecule has 0 fully saturated rings. The smallest absolute Gasteiger partial charge is 0.258 e. The SMILES string of the molecule is Cc1ccc(C(C)C)c(OCC(=O)N[C@@H](C)c2ccco2)c1. The van der Waals surface area contributed by atoms with Crippen LogP contribution in [-0.2, 0) is 4.79 Å². The summed E-state index contributed by atoms with van der Waals surface area (Å²) in [5, 5.41) is 2.86. The van der Waals surface area contributed by atoms with Crippen molar-refractivity contribution < 1.29 is 13.9 Å². The van der Waals surface area contributed by atoms with E-state index in [1.807, 2.05) is 26.0 Å². The van der Waals surface area contributed by atoms with Crippen molar-refractivity contribution in [3.8, 4) is 5.75 Å². The van der Waals surface area contributed by atoms with Gasteiger partial charge in [0.05, 0.1) is 12.3 Å². The highest BCUT2D eigenvalue weighted by atomic mass is 16.5. The molecule has 0 saturated carbocycles. The van der Waals surface area contributed by atoms with Crippen LogP contribution in [0.3, 0.4) is 0 Å². The van der Waals surface area contributed by atoms with Gasteiger partial charge in [0.1, 0.15) is 11.5 Å². The third-order valence-electron chi connectivity index (χ3n) is 3.50. The van der Waals surface area contributed by atoms with Crippen molar-refractivity contribution in [2.75, 3.05) is 6.61 Å². The molecule has 1 N–H and O–H groups in total. The standard InChI is InChI=1S/C18H23NO3/c1-12(2)15-8-7-13(3)10-17(15)22-11-18(20)19-14(4)16-6-5-9-21-16/h5-10,12,14H,11H2,1-4H3,(H,19,20)/t14-/m0/s1. The summed E-state index contributed by atoms with van der Waals surface area (Å²) in [6.45, 7) is 8.10. The summed E-state index contributed by atoms with van der Waals surface area (Å²) in [4.78, 5) is 12.0. The zero-order valence-corrected chi connectivity index (χ0v) is 13.6. The number of carbonyl (C=O) groups is 1. The fourth-order valence-corrected chi connectivity index (χ4v) is 2.28. The van der Waals surface area contributed by atoms with Crippen molar-refractivity contribution in [3.05, 3.63) is 53.5 Å². The zero-order valence-electron chi connectivity index (χ0n) is 13.6. The highest BCUT2D eigenvalue weighted by Crippen LogP contribution is 2.27. The fourth-order valence-electron chi connectivity index (χ4n) is 2.28. The Bertz CT molecular complexity index is 617. The molecule has 1 amide bonds. The molecule has 22 heavy (non-hydrogen) atoms. The van der Waals surface area contributed by atoms with Gasteiger partial charge in [0, 0.05) is 0 Å². The van der Waals surface area contributed by atoms with Gasteiger partial charge in [0.25, 0.3) is 5.91 Å². The van der Waals surface area contributed by atoms with Gasteiger partial charge in [-0.1, -0.05) is 26.0 Å². The molecule has 0 bridgehead atoms. The monoisotopic (exact) mass is 301 g/mol. The third kappa shape index (κ3) is 4.13. The first kappa shape index (κ1) is 16.1. The maximum atomic E-state index is 12.0. The van der Waals surface area contributed by atoms with E-state index in [1.54, 1.807) is 12.3 Å². The second kappa shape index (κ2) is 7.16. The zero-order chi connectivity index (χ0) is 16.1. The van der Waals surface area contributed by atoms with Crippen LogP contribution in [0.1, 0.15) is 49.6 Å². The van der Waals surface area contributed by atoms with E-state index < -0.39 is 0 Å². The number of hydrogen-bond acceptors (Lipinski definition) is 3. The largest absolute Gasteiger partial charge is 0.483 e. The second-order valence-electron chi connectivity index (χ2n) is 5.79. The lowest BCUT2D eigenvalue weighted by Gasteiger charge is -2.16. The average molecular weight is 301 g/mol. The Labute approximate surface area is 131 Å². The Morgan fingerprint density at radius 2 is 2.05 bits per heavy atom. The second-order valence-corrected chi connectivity index (χ2v) is 5.79. The molecule has 0 saturated heterocycles. The summed E-state index contributed by atoms with van der Waals surface area (Å²) in [6, 6.07) is 9.55. The van der Waals surface area contributed by atoms with Gasteiger partial charge < -0.3 is 14.5 Å². The van der Waals surface area contributed by atoms with Crippen LogP contribution in [0.15, 0.2) is 41.0 Å². The van der Waals surface area contributed by atoms with E-state index in [9.17, 15) is 4.79 Å². The van der Waals surface area contributed by atoms with Crippen LogP contribution in [-0.4, -0.2) is 12.5 Å². The Morgan fingerprint density at radius 3 is 2.68 bits per heavy atom. The van der Waals surface area contributed by atoms with Crippen molar-refractivity contribution in [2.45, 2.75) is 39.7 Å². The van der Waals surface area contributed by atoms with Gasteiger partial charge >= 0.3 is 0 Å². The van der Waals surface area contributed by atoms with Gasteiger partial charge in [-0.15, -0.1) is 0 Å². The van der Waals surface area contributed by atoms with Gasteiger partial charge in [0.2, 0.25) is 0 Å². The van der Waals surface area contributed by atoms with E-state index in [0.29, 0.717) is 5.92 Å². The number of nitrogens with one attached hydrogen (secondary N) is 1. The minimum atomic E-state index is -0.173. The van der Waals surface area contributed by atoms with Crippen molar-refractivity contribution in [2.24, 2.45) is 0 Å². The van der Waals surface area contributed by atoms with E-state index in [1.165, 1.54) is 0 Å². The van der Waals surface area contributed by atoms with Crippen molar-refractivity contribution >= 4 is 5.91 Å². The predicted molar refractivity (Wildman–Crippen MR) is 86.0 cm³/mol. The predicted octanol–water partition coefficient (Wildman–Crippen LogP) is 3.97. The summed E-state index contributed by atoms with van der Waals surface area (Å²) >= 11 is 0. The molecular formula is C18H23NO3.